The van der Waals surface area contributed by atoms with Crippen molar-refractivity contribution in [2.75, 3.05) is 12.4 Å². The number of alkyl halides is 2. The van der Waals surface area contributed by atoms with E-state index in [4.69, 9.17) is 17.0 Å². The van der Waals surface area contributed by atoms with Crippen LogP contribution in [0.1, 0.15) is 24.9 Å². The quantitative estimate of drug-likeness (QED) is 0.693. The minimum Gasteiger partial charge on any atom is -0.497 e. The Morgan fingerprint density at radius 3 is 2.16 bits per heavy atom. The summed E-state index contributed by atoms with van der Waals surface area (Å²) in [6, 6.07) is 14.0. The molecule has 0 fully saturated rings. The summed E-state index contributed by atoms with van der Waals surface area (Å²) < 4.78 is 33.8. The molecule has 0 bridgehead atoms. The molecule has 2 rings (SSSR count). The number of nitrogens with one attached hydrogen (secondary N) is 2. The summed E-state index contributed by atoms with van der Waals surface area (Å²) in [5.41, 5.74) is 1.77. The van der Waals surface area contributed by atoms with Gasteiger partial charge < -0.3 is 20.1 Å². The van der Waals surface area contributed by atoms with Crippen molar-refractivity contribution in [3.63, 3.8) is 0 Å². The number of hydrogen-bond acceptors (Lipinski definition) is 3. The van der Waals surface area contributed by atoms with E-state index in [0.717, 1.165) is 17.7 Å². The zero-order chi connectivity index (χ0) is 18.2. The Labute approximate surface area is 151 Å². The standard InChI is InChI=1S/C18H20F2N2O2S/c1-3-16(12-4-8-14(23-2)9-5-12)22-18(25)21-13-6-10-15(11-7-13)24-17(19)20/h4-11,16-17H,3H2,1-2H3,(H2,21,22,25)/t16-/m0/s1. The Morgan fingerprint density at radius 2 is 1.64 bits per heavy atom. The third-order valence-corrected chi connectivity index (χ3v) is 3.79. The van der Waals surface area contributed by atoms with Crippen LogP contribution < -0.4 is 20.1 Å². The van der Waals surface area contributed by atoms with Crippen LogP contribution in [0.2, 0.25) is 0 Å². The molecule has 0 saturated carbocycles. The highest BCUT2D eigenvalue weighted by Crippen LogP contribution is 2.21. The van der Waals surface area contributed by atoms with Gasteiger partial charge in [-0.25, -0.2) is 0 Å². The van der Waals surface area contributed by atoms with Gasteiger partial charge in [-0.2, -0.15) is 8.78 Å². The summed E-state index contributed by atoms with van der Waals surface area (Å²) in [6.45, 7) is -0.780. The van der Waals surface area contributed by atoms with Crippen LogP contribution in [0.15, 0.2) is 48.5 Å². The molecule has 0 aromatic heterocycles. The van der Waals surface area contributed by atoms with Crippen molar-refractivity contribution < 1.29 is 18.3 Å². The number of benzene rings is 2. The summed E-state index contributed by atoms with van der Waals surface area (Å²) in [6.07, 6.45) is 0.843. The van der Waals surface area contributed by atoms with Gasteiger partial charge in [0.15, 0.2) is 5.11 Å². The molecule has 2 aromatic carbocycles. The van der Waals surface area contributed by atoms with E-state index in [1.54, 1.807) is 19.2 Å². The van der Waals surface area contributed by atoms with Crippen LogP contribution in [-0.2, 0) is 0 Å². The lowest BCUT2D eigenvalue weighted by Crippen LogP contribution is -2.32. The minimum atomic E-state index is -2.84. The fraction of sp³-hybridized carbons (Fsp3) is 0.278. The molecule has 0 saturated heterocycles. The van der Waals surface area contributed by atoms with E-state index in [2.05, 4.69) is 22.3 Å². The van der Waals surface area contributed by atoms with Crippen LogP contribution in [0, 0.1) is 0 Å². The predicted octanol–water partition coefficient (Wildman–Crippen LogP) is 4.73. The number of anilines is 1. The molecule has 2 N–H and O–H groups in total. The largest absolute Gasteiger partial charge is 0.497 e. The molecule has 0 aliphatic heterocycles. The van der Waals surface area contributed by atoms with Gasteiger partial charge in [0, 0.05) is 5.69 Å². The molecule has 0 spiro atoms. The molecule has 4 nitrogen and oxygen atoms in total. The van der Waals surface area contributed by atoms with Gasteiger partial charge in [-0.1, -0.05) is 19.1 Å². The molecule has 2 aromatic rings. The van der Waals surface area contributed by atoms with Crippen LogP contribution >= 0.6 is 12.2 Å². The fourth-order valence-corrected chi connectivity index (χ4v) is 2.56. The zero-order valence-electron chi connectivity index (χ0n) is 14.0. The van der Waals surface area contributed by atoms with E-state index in [1.807, 2.05) is 24.3 Å². The molecule has 25 heavy (non-hydrogen) atoms. The fourth-order valence-electron chi connectivity index (χ4n) is 2.30. The molecule has 134 valence electrons. The maximum atomic E-state index is 12.1. The molecule has 0 amide bonds. The molecular formula is C18H20F2N2O2S. The van der Waals surface area contributed by atoms with E-state index in [-0.39, 0.29) is 11.8 Å². The Morgan fingerprint density at radius 1 is 1.04 bits per heavy atom. The number of methoxy groups -OCH3 is 1. The average molecular weight is 366 g/mol. The lowest BCUT2D eigenvalue weighted by Gasteiger charge is -2.20. The van der Waals surface area contributed by atoms with Gasteiger partial charge in [-0.15, -0.1) is 0 Å². The summed E-state index contributed by atoms with van der Waals surface area (Å²) >= 11 is 5.33. The first-order valence-electron chi connectivity index (χ1n) is 7.78. The first-order valence-corrected chi connectivity index (χ1v) is 8.19. The highest BCUT2D eigenvalue weighted by Gasteiger charge is 2.11. The second-order valence-corrected chi connectivity index (χ2v) is 5.64. The first-order chi connectivity index (χ1) is 12.0. The SMILES string of the molecule is CC[C@H](NC(=S)Nc1ccc(OC(F)F)cc1)c1ccc(OC)cc1. The van der Waals surface area contributed by atoms with Gasteiger partial charge in [-0.3, -0.25) is 0 Å². The summed E-state index contributed by atoms with van der Waals surface area (Å²) in [7, 11) is 1.63. The van der Waals surface area contributed by atoms with Gasteiger partial charge >= 0.3 is 6.61 Å². The normalized spacial score (nSPS) is 11.7. The molecule has 0 heterocycles. The number of hydrogen-bond donors (Lipinski definition) is 2. The van der Waals surface area contributed by atoms with Crippen LogP contribution in [0.5, 0.6) is 11.5 Å². The molecule has 1 atom stereocenters. The monoisotopic (exact) mass is 366 g/mol. The lowest BCUT2D eigenvalue weighted by molar-refractivity contribution is -0.0498. The first kappa shape index (κ1) is 18.9. The summed E-state index contributed by atoms with van der Waals surface area (Å²) in [5, 5.41) is 6.73. The number of halogens is 2. The van der Waals surface area contributed by atoms with E-state index < -0.39 is 6.61 Å². The van der Waals surface area contributed by atoms with Crippen LogP contribution in [0.25, 0.3) is 0 Å². The minimum absolute atomic E-state index is 0.0485. The highest BCUT2D eigenvalue weighted by atomic mass is 32.1. The van der Waals surface area contributed by atoms with Crippen LogP contribution in [-0.4, -0.2) is 18.8 Å². The maximum absolute atomic E-state index is 12.1. The molecule has 7 heteroatoms. The van der Waals surface area contributed by atoms with Gasteiger partial charge in [0.25, 0.3) is 0 Å². The third-order valence-electron chi connectivity index (χ3n) is 3.57. The Hall–Kier alpha value is -2.41. The van der Waals surface area contributed by atoms with Crippen molar-refractivity contribution in [1.29, 1.82) is 0 Å². The topological polar surface area (TPSA) is 42.5 Å². The zero-order valence-corrected chi connectivity index (χ0v) is 14.8. The van der Waals surface area contributed by atoms with Crippen molar-refractivity contribution in [3.8, 4) is 11.5 Å². The molecular weight excluding hydrogens is 346 g/mol. The molecule has 0 unspecified atom stereocenters. The average Bonchev–Trinajstić information content (AvgIpc) is 2.61. The maximum Gasteiger partial charge on any atom is 0.387 e. The van der Waals surface area contributed by atoms with Crippen molar-refractivity contribution in [1.82, 2.24) is 5.32 Å². The second-order valence-electron chi connectivity index (χ2n) is 5.24. The number of ether oxygens (including phenoxy) is 2. The van der Waals surface area contributed by atoms with E-state index in [0.29, 0.717) is 10.8 Å². The van der Waals surface area contributed by atoms with E-state index in [1.165, 1.54) is 12.1 Å². The Kier molecular flexibility index (Phi) is 6.94. The van der Waals surface area contributed by atoms with E-state index in [9.17, 15) is 8.78 Å². The van der Waals surface area contributed by atoms with Gasteiger partial charge in [0.1, 0.15) is 11.5 Å². The Balaban J connectivity index is 1.95. The lowest BCUT2D eigenvalue weighted by atomic mass is 10.0. The predicted molar refractivity (Wildman–Crippen MR) is 98.5 cm³/mol. The van der Waals surface area contributed by atoms with E-state index >= 15 is 0 Å². The summed E-state index contributed by atoms with van der Waals surface area (Å²) in [5.74, 6) is 0.898. The van der Waals surface area contributed by atoms with Gasteiger partial charge in [0.2, 0.25) is 0 Å². The van der Waals surface area contributed by atoms with Crippen LogP contribution in [0.4, 0.5) is 14.5 Å². The smallest absolute Gasteiger partial charge is 0.387 e. The second kappa shape index (κ2) is 9.17. The highest BCUT2D eigenvalue weighted by molar-refractivity contribution is 7.80. The molecule has 0 aliphatic rings. The molecule has 0 radical (unpaired) electrons. The Bertz CT molecular complexity index is 678. The number of rotatable bonds is 7. The van der Waals surface area contributed by atoms with Crippen molar-refractivity contribution in [3.05, 3.63) is 54.1 Å². The third kappa shape index (κ3) is 5.86. The van der Waals surface area contributed by atoms with Gasteiger partial charge in [-0.05, 0) is 60.6 Å². The van der Waals surface area contributed by atoms with Crippen molar-refractivity contribution in [2.24, 2.45) is 0 Å². The molecule has 0 aliphatic carbocycles. The van der Waals surface area contributed by atoms with Crippen LogP contribution in [0.3, 0.4) is 0 Å². The summed E-state index contributed by atoms with van der Waals surface area (Å²) in [4.78, 5) is 0. The van der Waals surface area contributed by atoms with Crippen molar-refractivity contribution in [2.45, 2.75) is 26.0 Å². The number of thiocarbonyl (C=S) groups is 1. The van der Waals surface area contributed by atoms with Crippen molar-refractivity contribution >= 4 is 23.0 Å². The van der Waals surface area contributed by atoms with Gasteiger partial charge in [0.05, 0.1) is 13.2 Å².